The maximum atomic E-state index is 13.4. The van der Waals surface area contributed by atoms with E-state index in [0.29, 0.717) is 11.0 Å². The van der Waals surface area contributed by atoms with E-state index >= 15 is 0 Å². The van der Waals surface area contributed by atoms with Crippen molar-refractivity contribution in [3.8, 4) is 0 Å². The van der Waals surface area contributed by atoms with Crippen molar-refractivity contribution < 1.29 is 22.4 Å². The summed E-state index contributed by atoms with van der Waals surface area (Å²) in [5.74, 6) is -0.915. The molecule has 0 saturated carbocycles. The lowest BCUT2D eigenvalue weighted by Gasteiger charge is -2.16. The molecule has 0 saturated heterocycles. The van der Waals surface area contributed by atoms with Gasteiger partial charge in [0.1, 0.15) is 11.5 Å². The van der Waals surface area contributed by atoms with Gasteiger partial charge in [0.05, 0.1) is 28.5 Å². The van der Waals surface area contributed by atoms with Crippen LogP contribution in [0, 0.1) is 5.82 Å². The third kappa shape index (κ3) is 4.18. The summed E-state index contributed by atoms with van der Waals surface area (Å²) in [7, 11) is 1.64. The molecule has 11 heteroatoms. The van der Waals surface area contributed by atoms with Gasteiger partial charge in [-0.1, -0.05) is 0 Å². The molecule has 2 aromatic heterocycles. The molecule has 1 N–H and O–H groups in total. The number of nitrogens with zero attached hydrogens (tertiary/aromatic N) is 4. The SMILES string of the molecule is CC(C)n1nc(CC(=O)Nc2nc3cc(F)ccc3n2C)c(=O)c2ccc(C(F)(F)F)cc21. The van der Waals surface area contributed by atoms with Crippen LogP contribution in [0.25, 0.3) is 21.9 Å². The van der Waals surface area contributed by atoms with E-state index in [9.17, 15) is 27.2 Å². The first-order chi connectivity index (χ1) is 15.5. The number of halogens is 4. The lowest BCUT2D eigenvalue weighted by molar-refractivity contribution is -0.137. The summed E-state index contributed by atoms with van der Waals surface area (Å²) in [5, 5.41) is 6.79. The molecule has 33 heavy (non-hydrogen) atoms. The number of alkyl halides is 3. The number of fused-ring (bicyclic) bond motifs is 2. The number of hydrogen-bond acceptors (Lipinski definition) is 4. The molecule has 0 atom stereocenters. The summed E-state index contributed by atoms with van der Waals surface area (Å²) < 4.78 is 55.8. The first-order valence-corrected chi connectivity index (χ1v) is 10.00. The van der Waals surface area contributed by atoms with Gasteiger partial charge in [0, 0.05) is 24.5 Å². The first-order valence-electron chi connectivity index (χ1n) is 10.00. The van der Waals surface area contributed by atoms with Gasteiger partial charge in [-0.3, -0.25) is 19.6 Å². The Kier molecular flexibility index (Phi) is 5.43. The van der Waals surface area contributed by atoms with Gasteiger partial charge in [0.15, 0.2) is 0 Å². The molecule has 4 aromatic rings. The number of aromatic nitrogens is 4. The van der Waals surface area contributed by atoms with Crippen molar-refractivity contribution in [2.75, 3.05) is 5.32 Å². The fraction of sp³-hybridized carbons (Fsp3) is 0.273. The fourth-order valence-electron chi connectivity index (χ4n) is 3.59. The minimum Gasteiger partial charge on any atom is -0.313 e. The highest BCUT2D eigenvalue weighted by atomic mass is 19.4. The summed E-state index contributed by atoms with van der Waals surface area (Å²) >= 11 is 0. The van der Waals surface area contributed by atoms with Gasteiger partial charge < -0.3 is 4.57 Å². The second-order valence-corrected chi connectivity index (χ2v) is 7.90. The predicted octanol–water partition coefficient (Wildman–Crippen LogP) is 4.20. The van der Waals surface area contributed by atoms with Crippen LogP contribution in [-0.4, -0.2) is 25.2 Å². The minimum atomic E-state index is -4.57. The molecular weight excluding hydrogens is 442 g/mol. The average molecular weight is 461 g/mol. The van der Waals surface area contributed by atoms with Gasteiger partial charge in [-0.2, -0.15) is 18.3 Å². The zero-order valence-corrected chi connectivity index (χ0v) is 17.9. The molecule has 2 aromatic carbocycles. The van der Waals surface area contributed by atoms with Crippen molar-refractivity contribution >= 4 is 33.8 Å². The van der Waals surface area contributed by atoms with Crippen LogP contribution in [0.4, 0.5) is 23.5 Å². The highest BCUT2D eigenvalue weighted by Crippen LogP contribution is 2.31. The van der Waals surface area contributed by atoms with Crippen molar-refractivity contribution in [1.82, 2.24) is 19.3 Å². The number of benzene rings is 2. The van der Waals surface area contributed by atoms with Gasteiger partial charge in [-0.15, -0.1) is 0 Å². The third-order valence-corrected chi connectivity index (χ3v) is 5.22. The van der Waals surface area contributed by atoms with Crippen molar-refractivity contribution in [2.24, 2.45) is 7.05 Å². The van der Waals surface area contributed by atoms with Gasteiger partial charge in [-0.05, 0) is 44.2 Å². The first kappa shape index (κ1) is 22.4. The molecule has 0 spiro atoms. The summed E-state index contributed by atoms with van der Waals surface area (Å²) in [4.78, 5) is 29.7. The molecule has 0 fully saturated rings. The van der Waals surface area contributed by atoms with Gasteiger partial charge in [-0.25, -0.2) is 9.37 Å². The summed E-state index contributed by atoms with van der Waals surface area (Å²) in [6.07, 6.45) is -4.99. The van der Waals surface area contributed by atoms with Crippen LogP contribution in [0.3, 0.4) is 0 Å². The third-order valence-electron chi connectivity index (χ3n) is 5.22. The van der Waals surface area contributed by atoms with Gasteiger partial charge >= 0.3 is 6.18 Å². The number of anilines is 1. The fourth-order valence-corrected chi connectivity index (χ4v) is 3.59. The van der Waals surface area contributed by atoms with Crippen LogP contribution in [0.2, 0.25) is 0 Å². The van der Waals surface area contributed by atoms with Gasteiger partial charge in [0.25, 0.3) is 0 Å². The monoisotopic (exact) mass is 461 g/mol. The lowest BCUT2D eigenvalue weighted by Crippen LogP contribution is -2.26. The number of carbonyl (C=O) groups excluding carboxylic acids is 1. The average Bonchev–Trinajstić information content (AvgIpc) is 3.03. The normalized spacial score (nSPS) is 12.1. The van der Waals surface area contributed by atoms with E-state index in [0.717, 1.165) is 18.2 Å². The largest absolute Gasteiger partial charge is 0.416 e. The molecule has 4 rings (SSSR count). The zero-order chi connectivity index (χ0) is 24.1. The zero-order valence-electron chi connectivity index (χ0n) is 17.9. The van der Waals surface area contributed by atoms with E-state index in [1.165, 1.54) is 22.9 Å². The Morgan fingerprint density at radius 3 is 2.52 bits per heavy atom. The smallest absolute Gasteiger partial charge is 0.313 e. The Balaban J connectivity index is 1.70. The second kappa shape index (κ2) is 7.98. The lowest BCUT2D eigenvalue weighted by atomic mass is 10.1. The van der Waals surface area contributed by atoms with Crippen LogP contribution in [0.1, 0.15) is 31.1 Å². The maximum Gasteiger partial charge on any atom is 0.416 e. The van der Waals surface area contributed by atoms with E-state index in [1.807, 2.05) is 0 Å². The Morgan fingerprint density at radius 1 is 1.12 bits per heavy atom. The molecule has 0 bridgehead atoms. The predicted molar refractivity (Wildman–Crippen MR) is 114 cm³/mol. The van der Waals surface area contributed by atoms with Crippen LogP contribution in [0.15, 0.2) is 41.2 Å². The highest BCUT2D eigenvalue weighted by Gasteiger charge is 2.31. The molecular formula is C22H19F4N5O2. The Morgan fingerprint density at radius 2 is 1.85 bits per heavy atom. The summed E-state index contributed by atoms with van der Waals surface area (Å²) in [6.45, 7) is 3.42. The second-order valence-electron chi connectivity index (χ2n) is 7.90. The number of carbonyl (C=O) groups is 1. The number of amides is 1. The molecule has 0 aliphatic heterocycles. The van der Waals surface area contributed by atoms with Crippen molar-refractivity contribution in [3.05, 3.63) is 63.7 Å². The Labute approximate surface area is 184 Å². The van der Waals surface area contributed by atoms with Crippen molar-refractivity contribution in [1.29, 1.82) is 0 Å². The topological polar surface area (TPSA) is 81.8 Å². The molecule has 0 aliphatic rings. The standard InChI is InChI=1S/C22H19F4N5O2/c1-11(2)31-18-8-12(22(24,25)26)4-6-14(18)20(33)16(29-31)10-19(32)28-21-27-15-9-13(23)5-7-17(15)30(21)3/h4-9,11H,10H2,1-3H3,(H,27,28,32). The van der Waals surface area contributed by atoms with Crippen LogP contribution < -0.4 is 10.7 Å². The van der Waals surface area contributed by atoms with Crippen LogP contribution >= 0.6 is 0 Å². The molecule has 0 unspecified atom stereocenters. The molecule has 2 heterocycles. The molecule has 172 valence electrons. The maximum absolute atomic E-state index is 13.4. The van der Waals surface area contributed by atoms with Crippen LogP contribution in [-0.2, 0) is 24.4 Å². The van der Waals surface area contributed by atoms with Gasteiger partial charge in [0.2, 0.25) is 17.3 Å². The molecule has 7 nitrogen and oxygen atoms in total. The molecule has 1 amide bonds. The number of rotatable bonds is 4. The number of nitrogens with one attached hydrogen (secondary N) is 1. The van der Waals surface area contributed by atoms with Crippen molar-refractivity contribution in [3.63, 3.8) is 0 Å². The van der Waals surface area contributed by atoms with E-state index in [4.69, 9.17) is 0 Å². The highest BCUT2D eigenvalue weighted by molar-refractivity contribution is 5.93. The quantitative estimate of drug-likeness (QED) is 0.462. The van der Waals surface area contributed by atoms with E-state index in [2.05, 4.69) is 15.4 Å². The summed E-state index contributed by atoms with van der Waals surface area (Å²) in [6, 6.07) is 6.47. The summed E-state index contributed by atoms with van der Waals surface area (Å²) in [5.41, 5.74) is -0.658. The number of aryl methyl sites for hydroxylation is 1. The number of imidazole rings is 1. The Hall–Kier alpha value is -3.76. The Bertz CT molecular complexity index is 1450. The number of hydrogen-bond donors (Lipinski definition) is 1. The van der Waals surface area contributed by atoms with E-state index in [1.54, 1.807) is 25.5 Å². The minimum absolute atomic E-state index is 0.0337. The molecule has 0 radical (unpaired) electrons. The van der Waals surface area contributed by atoms with E-state index in [-0.39, 0.29) is 28.6 Å². The van der Waals surface area contributed by atoms with Crippen LogP contribution in [0.5, 0.6) is 0 Å². The van der Waals surface area contributed by atoms with Crippen molar-refractivity contribution in [2.45, 2.75) is 32.5 Å². The molecule has 0 aliphatic carbocycles. The van der Waals surface area contributed by atoms with E-state index < -0.39 is 35.3 Å².